The van der Waals surface area contributed by atoms with Crippen molar-refractivity contribution in [3.63, 3.8) is 0 Å². The lowest BCUT2D eigenvalue weighted by Gasteiger charge is -2.18. The van der Waals surface area contributed by atoms with Gasteiger partial charge in [0.15, 0.2) is 0 Å². The Morgan fingerprint density at radius 1 is 1.46 bits per heavy atom. The average Bonchev–Trinajstić information content (AvgIpc) is 2.32. The monoisotopic (exact) mass is 184 g/mol. The van der Waals surface area contributed by atoms with Gasteiger partial charge < -0.3 is 5.32 Å². The number of nitrogens with one attached hydrogen (secondary N) is 1. The van der Waals surface area contributed by atoms with E-state index in [4.69, 9.17) is 0 Å². The quantitative estimate of drug-likeness (QED) is 0.677. The zero-order valence-electron chi connectivity index (χ0n) is 8.25. The van der Waals surface area contributed by atoms with Crippen LogP contribution >= 0.6 is 0 Å². The minimum Gasteiger partial charge on any atom is -0.355 e. The summed E-state index contributed by atoms with van der Waals surface area (Å²) in [5.74, 6) is 0.0369. The van der Waals surface area contributed by atoms with Crippen LogP contribution in [0.3, 0.4) is 0 Å². The molecular weight excluding hydrogens is 166 g/mol. The van der Waals surface area contributed by atoms with Crippen LogP contribution in [0.4, 0.5) is 0 Å². The number of hydrogen-bond donors (Lipinski definition) is 1. The van der Waals surface area contributed by atoms with Crippen molar-refractivity contribution in [1.29, 1.82) is 0 Å². The maximum atomic E-state index is 10.6. The van der Waals surface area contributed by atoms with Crippen LogP contribution in [0.15, 0.2) is 0 Å². The van der Waals surface area contributed by atoms with Gasteiger partial charge in [0.25, 0.3) is 0 Å². The predicted molar refractivity (Wildman–Crippen MR) is 51.1 cm³/mol. The molecule has 1 saturated heterocycles. The maximum absolute atomic E-state index is 10.6. The fourth-order valence-electron chi connectivity index (χ4n) is 1.41. The Kier molecular flexibility index (Phi) is 4.78. The molecule has 4 nitrogen and oxygen atoms in total. The summed E-state index contributed by atoms with van der Waals surface area (Å²) in [6.45, 7) is 5.08. The molecule has 0 aromatic rings. The fraction of sp³-hybridized carbons (Fsp3) is 0.889. The summed E-state index contributed by atoms with van der Waals surface area (Å²) >= 11 is 0. The van der Waals surface area contributed by atoms with Gasteiger partial charge in [0.1, 0.15) is 0 Å². The molecule has 0 atom stereocenters. The topological polar surface area (TPSA) is 46.4 Å². The van der Waals surface area contributed by atoms with E-state index in [9.17, 15) is 4.79 Å². The summed E-state index contributed by atoms with van der Waals surface area (Å²) in [6, 6.07) is 0. The fourth-order valence-corrected chi connectivity index (χ4v) is 1.41. The highest BCUT2D eigenvalue weighted by Crippen LogP contribution is 2.02. The Bertz CT molecular complexity index is 153. The van der Waals surface area contributed by atoms with Gasteiger partial charge in [-0.05, 0) is 12.8 Å². The van der Waals surface area contributed by atoms with Crippen LogP contribution in [0.5, 0.6) is 0 Å². The first-order chi connectivity index (χ1) is 6.29. The molecule has 1 heterocycles. The van der Waals surface area contributed by atoms with E-state index in [0.29, 0.717) is 6.54 Å². The van der Waals surface area contributed by atoms with Crippen LogP contribution in [0.1, 0.15) is 26.2 Å². The summed E-state index contributed by atoms with van der Waals surface area (Å²) in [5, 5.41) is 4.84. The Balaban J connectivity index is 2.08. The lowest BCUT2D eigenvalue weighted by molar-refractivity contribution is -0.119. The van der Waals surface area contributed by atoms with Gasteiger partial charge in [-0.3, -0.25) is 4.79 Å². The first-order valence-corrected chi connectivity index (χ1v) is 4.96. The molecule has 0 bridgehead atoms. The van der Waals surface area contributed by atoms with Crippen molar-refractivity contribution in [3.05, 3.63) is 0 Å². The minimum absolute atomic E-state index is 0.0369. The van der Waals surface area contributed by atoms with Gasteiger partial charge in [0.2, 0.25) is 5.91 Å². The summed E-state index contributed by atoms with van der Waals surface area (Å²) < 4.78 is 0. The molecule has 4 heteroatoms. The van der Waals surface area contributed by atoms with Crippen LogP contribution < -0.4 is 10.7 Å². The van der Waals surface area contributed by atoms with E-state index in [1.165, 1.54) is 19.3 Å². The lowest BCUT2D eigenvalue weighted by Crippen LogP contribution is -2.38. The molecule has 1 radical (unpaired) electrons. The van der Waals surface area contributed by atoms with E-state index >= 15 is 0 Å². The summed E-state index contributed by atoms with van der Waals surface area (Å²) in [7, 11) is 0. The van der Waals surface area contributed by atoms with Crippen LogP contribution in [-0.2, 0) is 4.79 Å². The second-order valence-electron chi connectivity index (χ2n) is 3.36. The molecule has 0 aliphatic carbocycles. The van der Waals surface area contributed by atoms with Crippen LogP contribution in [-0.4, -0.2) is 37.1 Å². The molecule has 75 valence electrons. The van der Waals surface area contributed by atoms with Gasteiger partial charge in [0, 0.05) is 33.1 Å². The minimum atomic E-state index is 0.0369. The maximum Gasteiger partial charge on any atom is 0.216 e. The van der Waals surface area contributed by atoms with Crippen molar-refractivity contribution in [1.82, 2.24) is 15.8 Å². The van der Waals surface area contributed by atoms with E-state index in [-0.39, 0.29) is 5.91 Å². The number of amides is 1. The number of nitrogens with zero attached hydrogens (tertiary/aromatic N) is 2. The van der Waals surface area contributed by atoms with E-state index in [1.807, 2.05) is 0 Å². The van der Waals surface area contributed by atoms with Crippen molar-refractivity contribution in [2.75, 3.05) is 26.2 Å². The third-order valence-corrected chi connectivity index (χ3v) is 2.12. The molecule has 0 spiro atoms. The SMILES string of the molecule is CC(=O)NCCN1CCCCC[N]1. The molecule has 1 rings (SSSR count). The molecule has 0 unspecified atom stereocenters. The van der Waals surface area contributed by atoms with Crippen LogP contribution in [0.2, 0.25) is 0 Å². The molecule has 1 fully saturated rings. The van der Waals surface area contributed by atoms with E-state index in [1.54, 1.807) is 6.92 Å². The molecule has 1 amide bonds. The van der Waals surface area contributed by atoms with Crippen molar-refractivity contribution >= 4 is 5.91 Å². The highest BCUT2D eigenvalue weighted by atomic mass is 16.1. The first kappa shape index (κ1) is 10.5. The largest absolute Gasteiger partial charge is 0.355 e. The second kappa shape index (κ2) is 5.94. The van der Waals surface area contributed by atoms with Gasteiger partial charge in [0.05, 0.1) is 0 Å². The number of hydrogen-bond acceptors (Lipinski definition) is 2. The Hall–Kier alpha value is -0.610. The summed E-state index contributed by atoms with van der Waals surface area (Å²) in [5.41, 5.74) is 4.40. The van der Waals surface area contributed by atoms with E-state index in [0.717, 1.165) is 19.6 Å². The molecule has 0 aromatic heterocycles. The predicted octanol–water partition coefficient (Wildman–Crippen LogP) is 0.128. The number of carbonyl (C=O) groups excluding carboxylic acids is 1. The van der Waals surface area contributed by atoms with Crippen molar-refractivity contribution in [3.8, 4) is 0 Å². The molecule has 13 heavy (non-hydrogen) atoms. The number of rotatable bonds is 3. The van der Waals surface area contributed by atoms with E-state index < -0.39 is 0 Å². The van der Waals surface area contributed by atoms with Gasteiger partial charge >= 0.3 is 0 Å². The molecule has 1 aliphatic heterocycles. The van der Waals surface area contributed by atoms with Gasteiger partial charge in [-0.2, -0.15) is 5.43 Å². The van der Waals surface area contributed by atoms with Crippen molar-refractivity contribution in [2.24, 2.45) is 0 Å². The Labute approximate surface area is 79.6 Å². The molecule has 1 N–H and O–H groups in total. The highest BCUT2D eigenvalue weighted by molar-refractivity contribution is 5.72. The standard InChI is InChI=1S/C9H18N3O/c1-9(13)10-6-8-12-7-4-2-3-5-11-12/h2-8H2,1H3,(H,10,13). The zero-order chi connectivity index (χ0) is 9.52. The normalized spacial score (nSPS) is 19.5. The van der Waals surface area contributed by atoms with Gasteiger partial charge in [-0.1, -0.05) is 6.42 Å². The van der Waals surface area contributed by atoms with Crippen molar-refractivity contribution in [2.45, 2.75) is 26.2 Å². The molecular formula is C9H18N3O. The number of carbonyl (C=O) groups is 1. The third kappa shape index (κ3) is 4.85. The Morgan fingerprint density at radius 2 is 2.31 bits per heavy atom. The first-order valence-electron chi connectivity index (χ1n) is 4.96. The van der Waals surface area contributed by atoms with Crippen LogP contribution in [0, 0.1) is 0 Å². The lowest BCUT2D eigenvalue weighted by atomic mass is 10.2. The van der Waals surface area contributed by atoms with Crippen molar-refractivity contribution < 1.29 is 4.79 Å². The second-order valence-corrected chi connectivity index (χ2v) is 3.36. The smallest absolute Gasteiger partial charge is 0.216 e. The van der Waals surface area contributed by atoms with Gasteiger partial charge in [-0.25, -0.2) is 5.01 Å². The average molecular weight is 184 g/mol. The van der Waals surface area contributed by atoms with Gasteiger partial charge in [-0.15, -0.1) is 0 Å². The summed E-state index contributed by atoms with van der Waals surface area (Å²) in [6.07, 6.45) is 3.71. The molecule has 0 saturated carbocycles. The highest BCUT2D eigenvalue weighted by Gasteiger charge is 2.08. The zero-order valence-corrected chi connectivity index (χ0v) is 8.25. The summed E-state index contributed by atoms with van der Waals surface area (Å²) in [4.78, 5) is 10.6. The Morgan fingerprint density at radius 3 is 3.08 bits per heavy atom. The molecule has 0 aromatic carbocycles. The van der Waals surface area contributed by atoms with Crippen LogP contribution in [0.25, 0.3) is 0 Å². The molecule has 1 aliphatic rings. The van der Waals surface area contributed by atoms with E-state index in [2.05, 4.69) is 15.8 Å². The third-order valence-electron chi connectivity index (χ3n) is 2.12.